The zero-order chi connectivity index (χ0) is 77.6. The lowest BCUT2D eigenvalue weighted by Gasteiger charge is -2.03. The summed E-state index contributed by atoms with van der Waals surface area (Å²) < 4.78 is 40.8. The van der Waals surface area contributed by atoms with Crippen molar-refractivity contribution in [2.45, 2.75) is 249 Å². The molecule has 0 saturated heterocycles. The van der Waals surface area contributed by atoms with Gasteiger partial charge in [-0.25, -0.2) is 29.5 Å². The molecular formula is C98H142N10O6S2. The molecule has 0 spiro atoms. The fraction of sp³-hybridized carbons (Fsp3) is 0.449. The van der Waals surface area contributed by atoms with Gasteiger partial charge in [0.2, 0.25) is 0 Å². The van der Waals surface area contributed by atoms with Crippen LogP contribution in [-0.4, -0.2) is 49.1 Å². The predicted octanol–water partition coefficient (Wildman–Crippen LogP) is 30.3. The molecule has 0 aliphatic rings. The van der Waals surface area contributed by atoms with Gasteiger partial charge in [0.15, 0.2) is 52.5 Å². The highest BCUT2D eigenvalue weighted by atomic mass is 32.1. The normalized spacial score (nSPS) is 10.6. The van der Waals surface area contributed by atoms with E-state index in [-0.39, 0.29) is 59.4 Å². The molecule has 18 heteroatoms. The minimum atomic E-state index is 0. The zero-order valence-corrected chi connectivity index (χ0v) is 68.7. The highest BCUT2D eigenvalue weighted by molar-refractivity contribution is 7.18. The summed E-state index contributed by atoms with van der Waals surface area (Å²) in [5.41, 5.74) is 24.8. The Balaban J connectivity index is 0.000000657. The highest BCUT2D eigenvalue weighted by Gasteiger charge is 2.11. The van der Waals surface area contributed by atoms with Crippen LogP contribution in [0.15, 0.2) is 185 Å². The van der Waals surface area contributed by atoms with Gasteiger partial charge in [0, 0.05) is 19.2 Å². The van der Waals surface area contributed by atoms with E-state index in [2.05, 4.69) is 281 Å². The Morgan fingerprint density at radius 2 is 0.655 bits per heavy atom. The third kappa shape index (κ3) is 33.1. The number of aryl methyl sites for hydroxylation is 4. The van der Waals surface area contributed by atoms with E-state index in [1.807, 2.05) is 57.2 Å². The van der Waals surface area contributed by atoms with E-state index in [0.29, 0.717) is 47.3 Å². The molecule has 0 atom stereocenters. The third-order valence-corrected chi connectivity index (χ3v) is 18.5. The van der Waals surface area contributed by atoms with Gasteiger partial charge in [0.1, 0.15) is 44.1 Å². The number of hydrogen-bond donors (Lipinski definition) is 0. The fourth-order valence-corrected chi connectivity index (χ4v) is 13.9. The van der Waals surface area contributed by atoms with Gasteiger partial charge in [-0.2, -0.15) is 8.75 Å². The summed E-state index contributed by atoms with van der Waals surface area (Å²) in [4.78, 5) is 21.3. The van der Waals surface area contributed by atoms with Gasteiger partial charge < -0.3 is 22.2 Å². The average Bonchev–Trinajstić information content (AvgIpc) is 1.70. The average molecular weight is 1620 g/mol. The van der Waals surface area contributed by atoms with E-state index in [1.54, 1.807) is 11.3 Å². The second-order valence-corrected chi connectivity index (χ2v) is 33.2. The Labute approximate surface area is 704 Å². The van der Waals surface area contributed by atoms with Gasteiger partial charge in [-0.15, -0.1) is 11.3 Å². The molecule has 0 saturated carbocycles. The van der Waals surface area contributed by atoms with Crippen LogP contribution in [0.1, 0.15) is 237 Å². The molecule has 632 valence electrons. The predicted molar refractivity (Wildman–Crippen MR) is 500 cm³/mol. The molecule has 8 heterocycles. The summed E-state index contributed by atoms with van der Waals surface area (Å²) in [6.45, 7) is 43.3. The SMILES string of the molecule is C.C.C.C.C.C.C.C.CC(C)Cc1ccc2ncoc2c1.CC(C)Cc1ccc2nonc2c1.CC(C)Cc1ccc2nsnc2c1.CC(C)Cc1ccc2ocnc2c1.Cc1nc2cc(CC(C)C)ccc2o1.Cc1nc2cc(CC(C)C)ccc2s1.Cc1nc2ccc(CC(C)C)cc2o1.Cc1noc2cc(CC(C)C)ccc12. The lowest BCUT2D eigenvalue weighted by atomic mass is 10.0. The van der Waals surface area contributed by atoms with E-state index in [9.17, 15) is 0 Å². The molecule has 16 aromatic rings. The van der Waals surface area contributed by atoms with E-state index in [4.69, 9.17) is 22.2 Å². The first-order chi connectivity index (χ1) is 51.6. The topological polar surface area (TPSA) is 208 Å². The number of nitrogens with zero attached hydrogens (tertiary/aromatic N) is 10. The molecule has 116 heavy (non-hydrogen) atoms. The lowest BCUT2D eigenvalue weighted by molar-refractivity contribution is 0.315. The minimum Gasteiger partial charge on any atom is -0.443 e. The van der Waals surface area contributed by atoms with Crippen LogP contribution in [0.3, 0.4) is 0 Å². The Kier molecular flexibility index (Phi) is 45.5. The van der Waals surface area contributed by atoms with Crippen molar-refractivity contribution in [3.63, 3.8) is 0 Å². The van der Waals surface area contributed by atoms with Crippen molar-refractivity contribution in [2.75, 3.05) is 0 Å². The Hall–Kier alpha value is -9.78. The van der Waals surface area contributed by atoms with Crippen molar-refractivity contribution < 1.29 is 26.8 Å². The molecule has 16 nitrogen and oxygen atoms in total. The van der Waals surface area contributed by atoms with Gasteiger partial charge in [-0.05, 0) is 264 Å². The second-order valence-electron chi connectivity index (χ2n) is 31.5. The summed E-state index contributed by atoms with van der Waals surface area (Å²) in [6.07, 6.45) is 11.8. The molecular weight excluding hydrogens is 1480 g/mol. The quantitative estimate of drug-likeness (QED) is 0.0881. The smallest absolute Gasteiger partial charge is 0.192 e. The Bertz CT molecular complexity index is 4840. The maximum absolute atomic E-state index is 5.48. The van der Waals surface area contributed by atoms with Crippen molar-refractivity contribution in [2.24, 2.45) is 47.3 Å². The number of fused-ring (bicyclic) bond motifs is 8. The van der Waals surface area contributed by atoms with Crippen LogP contribution in [0.5, 0.6) is 0 Å². The van der Waals surface area contributed by atoms with Gasteiger partial charge in [0.05, 0.1) is 32.6 Å². The highest BCUT2D eigenvalue weighted by Crippen LogP contribution is 2.27. The fourth-order valence-electron chi connectivity index (χ4n) is 12.6. The van der Waals surface area contributed by atoms with Crippen LogP contribution in [-0.2, 0) is 51.4 Å². The van der Waals surface area contributed by atoms with Gasteiger partial charge in [-0.1, -0.05) is 224 Å². The largest absolute Gasteiger partial charge is 0.443 e. The van der Waals surface area contributed by atoms with Crippen LogP contribution in [0.25, 0.3) is 87.7 Å². The number of hydrogen-bond acceptors (Lipinski definition) is 18. The molecule has 0 radical (unpaired) electrons. The second kappa shape index (κ2) is 50.6. The number of benzene rings is 8. The van der Waals surface area contributed by atoms with Gasteiger partial charge in [-0.3, -0.25) is 0 Å². The molecule has 0 fully saturated rings. The third-order valence-electron chi connectivity index (χ3n) is 17.0. The number of oxazole rings is 4. The standard InChI is InChI=1S/3C12H15NO.C12H15NS.2C11H13NO.C10H12N2O.C10H12N2S.8CH4/c1-8(2)6-10-4-5-12-11(7-10)13-9(3)14-12;1-8(2)6-10-4-5-11-12(7-10)14-9(3)13-11;1-8(2)6-10-4-5-11-9(3)13-14-12(11)7-10;1-8(2)6-10-4-5-12-11(7-10)13-9(3)14-12;1-8(2)5-9-3-4-11-10(6-9)12-7-13-11;1-8(2)5-9-3-4-10-11(6-9)13-7-12-10;2*1-7(2)5-8-3-4-9-10(6-8)12-13-11-9;;;;;;;;/h4*4-5,7-8H,6H2,1-3H3;2*3-4,6-8H,5H2,1-2H3;2*3-4,6-7H,5H2,1-2H3;8*1H4. The van der Waals surface area contributed by atoms with Gasteiger partial charge in [0.25, 0.3) is 0 Å². The summed E-state index contributed by atoms with van der Waals surface area (Å²) in [5.74, 6) is 6.95. The Morgan fingerprint density at radius 3 is 1.18 bits per heavy atom. The molecule has 0 aliphatic heterocycles. The van der Waals surface area contributed by atoms with E-state index in [0.717, 1.165) is 157 Å². The lowest BCUT2D eigenvalue weighted by Crippen LogP contribution is -1.93. The van der Waals surface area contributed by atoms with E-state index in [1.165, 1.54) is 73.7 Å². The van der Waals surface area contributed by atoms with Crippen LogP contribution in [0.4, 0.5) is 0 Å². The zero-order valence-electron chi connectivity index (χ0n) is 67.0. The van der Waals surface area contributed by atoms with Crippen molar-refractivity contribution in [3.8, 4) is 0 Å². The summed E-state index contributed by atoms with van der Waals surface area (Å²) in [7, 11) is 0. The van der Waals surface area contributed by atoms with Gasteiger partial charge >= 0.3 is 0 Å². The molecule has 8 aromatic carbocycles. The number of rotatable bonds is 16. The summed E-state index contributed by atoms with van der Waals surface area (Å²) in [5, 5.41) is 13.8. The van der Waals surface area contributed by atoms with Crippen molar-refractivity contribution >= 4 is 111 Å². The molecule has 0 amide bonds. The van der Waals surface area contributed by atoms with Crippen LogP contribution >= 0.6 is 23.1 Å². The monoisotopic (exact) mass is 1620 g/mol. The van der Waals surface area contributed by atoms with Crippen molar-refractivity contribution in [1.29, 1.82) is 0 Å². The summed E-state index contributed by atoms with van der Waals surface area (Å²) >= 11 is 3.05. The number of aromatic nitrogens is 10. The maximum Gasteiger partial charge on any atom is 0.192 e. The first-order valence-corrected chi connectivity index (χ1v) is 39.7. The van der Waals surface area contributed by atoms with Crippen LogP contribution in [0, 0.1) is 75.0 Å². The van der Waals surface area contributed by atoms with Crippen LogP contribution in [0.2, 0.25) is 0 Å². The molecule has 0 aliphatic carbocycles. The Morgan fingerprint density at radius 1 is 0.293 bits per heavy atom. The molecule has 0 unspecified atom stereocenters. The summed E-state index contributed by atoms with van der Waals surface area (Å²) in [6, 6.07) is 50.3. The minimum absolute atomic E-state index is 0. The van der Waals surface area contributed by atoms with Crippen LogP contribution < -0.4 is 0 Å². The molecule has 0 bridgehead atoms. The van der Waals surface area contributed by atoms with Crippen molar-refractivity contribution in [1.82, 2.24) is 49.1 Å². The van der Waals surface area contributed by atoms with E-state index >= 15 is 0 Å². The molecule has 16 rings (SSSR count). The maximum atomic E-state index is 5.48. The first kappa shape index (κ1) is 104. The molecule has 0 N–H and O–H groups in total. The first-order valence-electron chi connectivity index (χ1n) is 38.1. The van der Waals surface area contributed by atoms with E-state index < -0.39 is 0 Å². The van der Waals surface area contributed by atoms with Crippen molar-refractivity contribution in [3.05, 3.63) is 225 Å². The number of thiazole rings is 1. The molecule has 8 aromatic heterocycles.